The van der Waals surface area contributed by atoms with Crippen LogP contribution in [0.4, 0.5) is 13.2 Å². The van der Waals surface area contributed by atoms with Gasteiger partial charge in [-0.15, -0.1) is 0 Å². The van der Waals surface area contributed by atoms with Crippen molar-refractivity contribution in [3.8, 4) is 0 Å². The molecule has 106 valence electrons. The van der Waals surface area contributed by atoms with E-state index in [2.05, 4.69) is 14.4 Å². The van der Waals surface area contributed by atoms with E-state index < -0.39 is 18.2 Å². The van der Waals surface area contributed by atoms with Crippen LogP contribution in [0.15, 0.2) is 6.07 Å². The third kappa shape index (κ3) is 3.24. The van der Waals surface area contributed by atoms with Crippen LogP contribution in [0.2, 0.25) is 0 Å². The van der Waals surface area contributed by atoms with Crippen LogP contribution in [-0.2, 0) is 4.74 Å². The number of nitrogens with zero attached hydrogens (tertiary/aromatic N) is 1. The van der Waals surface area contributed by atoms with Crippen LogP contribution in [0.3, 0.4) is 0 Å². The molecule has 1 saturated heterocycles. The van der Waals surface area contributed by atoms with Gasteiger partial charge in [0.1, 0.15) is 6.04 Å². The largest absolute Gasteiger partial charge is 0.464 e. The molecule has 2 unspecified atom stereocenters. The molecule has 0 spiro atoms. The molecule has 19 heavy (non-hydrogen) atoms. The zero-order chi connectivity index (χ0) is 14.0. The summed E-state index contributed by atoms with van der Waals surface area (Å²) in [4.78, 5) is 12.1. The highest BCUT2D eigenvalue weighted by molar-refractivity contribution is 7.06. The summed E-state index contributed by atoms with van der Waals surface area (Å²) in [7, 11) is 1.26. The standard InChI is InChI=1S/C11H13F3N2O2S/c1-18-10(17)7-4-8(19-16-7)6-2-3-9(15-5-6)11(12,13)14/h4,6,9,15H,2-3,5H2,1H3. The summed E-state index contributed by atoms with van der Waals surface area (Å²) in [6, 6.07) is 0.160. The van der Waals surface area contributed by atoms with Crippen LogP contribution in [0, 0.1) is 0 Å². The topological polar surface area (TPSA) is 51.2 Å². The molecule has 1 aliphatic heterocycles. The van der Waals surface area contributed by atoms with E-state index in [0.717, 1.165) is 16.4 Å². The molecular formula is C11H13F3N2O2S. The maximum Gasteiger partial charge on any atom is 0.403 e. The SMILES string of the molecule is COC(=O)c1cc(C2CCC(C(F)(F)F)NC2)sn1. The monoisotopic (exact) mass is 294 g/mol. The molecule has 2 atom stereocenters. The van der Waals surface area contributed by atoms with Crippen LogP contribution >= 0.6 is 11.5 Å². The summed E-state index contributed by atoms with van der Waals surface area (Å²) in [6.45, 7) is 0.243. The zero-order valence-corrected chi connectivity index (χ0v) is 11.0. The van der Waals surface area contributed by atoms with E-state index in [4.69, 9.17) is 0 Å². The number of hydrogen-bond acceptors (Lipinski definition) is 5. The molecule has 0 radical (unpaired) electrons. The Morgan fingerprint density at radius 2 is 2.26 bits per heavy atom. The van der Waals surface area contributed by atoms with Crippen molar-refractivity contribution in [2.75, 3.05) is 13.7 Å². The highest BCUT2D eigenvalue weighted by Crippen LogP contribution is 2.33. The first-order valence-electron chi connectivity index (χ1n) is 5.77. The molecule has 2 rings (SSSR count). The minimum atomic E-state index is -4.20. The van der Waals surface area contributed by atoms with Crippen LogP contribution < -0.4 is 5.32 Å². The van der Waals surface area contributed by atoms with Gasteiger partial charge in [-0.25, -0.2) is 4.79 Å². The predicted molar refractivity (Wildman–Crippen MR) is 63.3 cm³/mol. The molecule has 1 aromatic heterocycles. The van der Waals surface area contributed by atoms with Gasteiger partial charge in [0.15, 0.2) is 5.69 Å². The summed E-state index contributed by atoms with van der Waals surface area (Å²) < 4.78 is 46.0. The fourth-order valence-electron chi connectivity index (χ4n) is 2.06. The number of aromatic nitrogens is 1. The van der Waals surface area contributed by atoms with E-state index in [1.807, 2.05) is 0 Å². The van der Waals surface area contributed by atoms with Crippen LogP contribution in [-0.4, -0.2) is 36.2 Å². The number of alkyl halides is 3. The quantitative estimate of drug-likeness (QED) is 0.851. The molecular weight excluding hydrogens is 281 g/mol. The van der Waals surface area contributed by atoms with Gasteiger partial charge in [-0.3, -0.25) is 0 Å². The fraction of sp³-hybridized carbons (Fsp3) is 0.636. The number of esters is 1. The number of rotatable bonds is 2. The van der Waals surface area contributed by atoms with Gasteiger partial charge in [0, 0.05) is 17.3 Å². The molecule has 2 heterocycles. The molecule has 0 bridgehead atoms. The van der Waals surface area contributed by atoms with E-state index in [1.54, 1.807) is 6.07 Å². The summed E-state index contributed by atoms with van der Waals surface area (Å²) in [5.41, 5.74) is 0.209. The Balaban J connectivity index is 1.98. The molecule has 0 amide bonds. The normalized spacial score (nSPS) is 24.2. The van der Waals surface area contributed by atoms with Gasteiger partial charge >= 0.3 is 12.1 Å². The second kappa shape index (κ2) is 5.46. The minimum Gasteiger partial charge on any atom is -0.464 e. The van der Waals surface area contributed by atoms with Gasteiger partial charge in [-0.05, 0) is 30.4 Å². The Labute approximate surface area is 112 Å². The predicted octanol–water partition coefficient (Wildman–Crippen LogP) is 2.33. The first kappa shape index (κ1) is 14.3. The highest BCUT2D eigenvalue weighted by Gasteiger charge is 2.41. The highest BCUT2D eigenvalue weighted by atomic mass is 32.1. The number of hydrogen-bond donors (Lipinski definition) is 1. The van der Waals surface area contributed by atoms with Crippen molar-refractivity contribution in [3.63, 3.8) is 0 Å². The minimum absolute atomic E-state index is 0.0329. The third-order valence-corrected chi connectivity index (χ3v) is 4.08. The van der Waals surface area contributed by atoms with Crippen molar-refractivity contribution in [2.45, 2.75) is 31.0 Å². The van der Waals surface area contributed by atoms with E-state index in [1.165, 1.54) is 7.11 Å². The lowest BCUT2D eigenvalue weighted by atomic mass is 9.93. The molecule has 1 N–H and O–H groups in total. The lowest BCUT2D eigenvalue weighted by Crippen LogP contribution is -2.47. The molecule has 0 aromatic carbocycles. The molecule has 1 aromatic rings. The average molecular weight is 294 g/mol. The summed E-state index contributed by atoms with van der Waals surface area (Å²) >= 11 is 1.14. The Morgan fingerprint density at radius 1 is 1.53 bits per heavy atom. The third-order valence-electron chi connectivity index (χ3n) is 3.13. The summed E-state index contributed by atoms with van der Waals surface area (Å²) in [5.74, 6) is -0.561. The Bertz CT molecular complexity index is 453. The Morgan fingerprint density at radius 3 is 2.79 bits per heavy atom. The van der Waals surface area contributed by atoms with Gasteiger partial charge in [-0.2, -0.15) is 17.5 Å². The summed E-state index contributed by atoms with van der Waals surface area (Å²) in [5, 5.41) is 2.50. The van der Waals surface area contributed by atoms with Crippen LogP contribution in [0.25, 0.3) is 0 Å². The Hall–Kier alpha value is -1.15. The molecule has 8 heteroatoms. The smallest absolute Gasteiger partial charge is 0.403 e. The maximum absolute atomic E-state index is 12.5. The maximum atomic E-state index is 12.5. The lowest BCUT2D eigenvalue weighted by molar-refractivity contribution is -0.160. The number of halogens is 3. The second-order valence-electron chi connectivity index (χ2n) is 4.38. The van der Waals surface area contributed by atoms with E-state index >= 15 is 0 Å². The van der Waals surface area contributed by atoms with Crippen molar-refractivity contribution in [3.05, 3.63) is 16.6 Å². The molecule has 4 nitrogen and oxygen atoms in total. The van der Waals surface area contributed by atoms with Crippen LogP contribution in [0.5, 0.6) is 0 Å². The number of carbonyl (C=O) groups excluding carboxylic acids is 1. The van der Waals surface area contributed by atoms with Crippen molar-refractivity contribution >= 4 is 17.5 Å². The first-order valence-corrected chi connectivity index (χ1v) is 6.54. The van der Waals surface area contributed by atoms with E-state index in [-0.39, 0.29) is 24.6 Å². The van der Waals surface area contributed by atoms with E-state index in [0.29, 0.717) is 6.42 Å². The van der Waals surface area contributed by atoms with E-state index in [9.17, 15) is 18.0 Å². The van der Waals surface area contributed by atoms with Crippen molar-refractivity contribution in [2.24, 2.45) is 0 Å². The lowest BCUT2D eigenvalue weighted by Gasteiger charge is -2.30. The van der Waals surface area contributed by atoms with Crippen molar-refractivity contribution in [1.29, 1.82) is 0 Å². The number of methoxy groups -OCH3 is 1. The zero-order valence-electron chi connectivity index (χ0n) is 10.2. The summed E-state index contributed by atoms with van der Waals surface area (Å²) in [6.07, 6.45) is -3.73. The van der Waals surface area contributed by atoms with Gasteiger partial charge in [0.05, 0.1) is 7.11 Å². The molecule has 1 fully saturated rings. The molecule has 1 aliphatic rings. The first-order chi connectivity index (χ1) is 8.91. The number of carbonyl (C=O) groups is 1. The van der Waals surface area contributed by atoms with Crippen molar-refractivity contribution < 1.29 is 22.7 Å². The molecule has 0 aliphatic carbocycles. The number of ether oxygens (including phenoxy) is 1. The fourth-order valence-corrected chi connectivity index (χ4v) is 2.91. The van der Waals surface area contributed by atoms with Crippen LogP contribution in [0.1, 0.15) is 34.1 Å². The molecule has 0 saturated carbocycles. The Kier molecular flexibility index (Phi) is 4.10. The average Bonchev–Trinajstić information content (AvgIpc) is 2.86. The second-order valence-corrected chi connectivity index (χ2v) is 5.22. The number of nitrogens with one attached hydrogen (secondary N) is 1. The van der Waals surface area contributed by atoms with Crippen molar-refractivity contribution in [1.82, 2.24) is 9.69 Å². The van der Waals surface area contributed by atoms with Gasteiger partial charge < -0.3 is 10.1 Å². The number of piperidine rings is 1. The van der Waals surface area contributed by atoms with Gasteiger partial charge in [0.25, 0.3) is 0 Å². The van der Waals surface area contributed by atoms with Gasteiger partial charge in [-0.1, -0.05) is 0 Å². The van der Waals surface area contributed by atoms with Gasteiger partial charge in [0.2, 0.25) is 0 Å².